The molecule has 0 unspecified atom stereocenters. The smallest absolute Gasteiger partial charge is 0.355 e. The molecule has 0 bridgehead atoms. The van der Waals surface area contributed by atoms with Crippen molar-refractivity contribution in [3.8, 4) is 0 Å². The second kappa shape index (κ2) is 3.69. The van der Waals surface area contributed by atoms with Crippen molar-refractivity contribution in [1.82, 2.24) is 14.3 Å². The highest BCUT2D eigenvalue weighted by molar-refractivity contribution is 5.73. The van der Waals surface area contributed by atoms with Crippen LogP contribution in [0.5, 0.6) is 0 Å². The van der Waals surface area contributed by atoms with Gasteiger partial charge < -0.3 is 10.8 Å². The number of carbonyl (C=O) groups excluding carboxylic acids is 1. The van der Waals surface area contributed by atoms with Gasteiger partial charge >= 0.3 is 11.7 Å². The van der Waals surface area contributed by atoms with Crippen LogP contribution in [0.2, 0.25) is 0 Å². The molecular formula is C10H18N4O3. The Morgan fingerprint density at radius 2 is 1.76 bits per heavy atom. The number of aromatic nitrogens is 3. The van der Waals surface area contributed by atoms with Crippen molar-refractivity contribution < 1.29 is 9.90 Å². The fourth-order valence-corrected chi connectivity index (χ4v) is 1.51. The Labute approximate surface area is 98.8 Å². The Balaban J connectivity index is 3.67. The predicted molar refractivity (Wildman–Crippen MR) is 61.7 cm³/mol. The summed E-state index contributed by atoms with van der Waals surface area (Å²) in [6.45, 7) is 8.30. The predicted octanol–water partition coefficient (Wildman–Crippen LogP) is -0.0460. The number of rotatable bonds is 1. The van der Waals surface area contributed by atoms with Gasteiger partial charge in [-0.15, -0.1) is 9.78 Å². The third kappa shape index (κ3) is 2.38. The number of amides is 1. The standard InChI is InChI=1S/C10H18N4O3/c1-9(2,3)13-6(10(4,5)17)12-14(7(11)15)8(13)16/h17H,1-5H3,(H2,11,15). The zero-order chi connectivity index (χ0) is 13.6. The Kier molecular flexibility index (Phi) is 2.92. The van der Waals surface area contributed by atoms with Crippen LogP contribution in [0, 0.1) is 0 Å². The monoisotopic (exact) mass is 242 g/mol. The molecule has 17 heavy (non-hydrogen) atoms. The number of carbonyl (C=O) groups is 1. The van der Waals surface area contributed by atoms with E-state index < -0.39 is 22.9 Å². The van der Waals surface area contributed by atoms with Crippen molar-refractivity contribution in [2.24, 2.45) is 5.73 Å². The van der Waals surface area contributed by atoms with E-state index in [1.54, 1.807) is 20.8 Å². The third-order valence-electron chi connectivity index (χ3n) is 2.21. The maximum Gasteiger partial charge on any atom is 0.355 e. The minimum atomic E-state index is -1.34. The van der Waals surface area contributed by atoms with Gasteiger partial charge in [0.2, 0.25) is 0 Å². The second-order valence-electron chi connectivity index (χ2n) is 5.42. The molecule has 0 aromatic carbocycles. The minimum absolute atomic E-state index is 0.105. The first kappa shape index (κ1) is 13.4. The fraction of sp³-hybridized carbons (Fsp3) is 0.700. The molecule has 0 saturated heterocycles. The van der Waals surface area contributed by atoms with E-state index in [0.29, 0.717) is 4.68 Å². The van der Waals surface area contributed by atoms with Gasteiger partial charge in [-0.25, -0.2) is 9.59 Å². The van der Waals surface area contributed by atoms with Crippen molar-refractivity contribution in [3.63, 3.8) is 0 Å². The van der Waals surface area contributed by atoms with E-state index in [1.165, 1.54) is 18.4 Å². The number of nitrogens with zero attached hydrogens (tertiary/aromatic N) is 3. The van der Waals surface area contributed by atoms with Gasteiger partial charge in [0.05, 0.1) is 0 Å². The summed E-state index contributed by atoms with van der Waals surface area (Å²) in [7, 11) is 0. The summed E-state index contributed by atoms with van der Waals surface area (Å²) in [5, 5.41) is 13.8. The molecule has 7 nitrogen and oxygen atoms in total. The largest absolute Gasteiger partial charge is 0.382 e. The van der Waals surface area contributed by atoms with Crippen molar-refractivity contribution >= 4 is 6.03 Å². The molecule has 0 aliphatic rings. The molecule has 1 aromatic heterocycles. The van der Waals surface area contributed by atoms with Gasteiger partial charge in [-0.3, -0.25) is 4.57 Å². The molecule has 1 amide bonds. The Hall–Kier alpha value is -1.63. The third-order valence-corrected chi connectivity index (χ3v) is 2.21. The minimum Gasteiger partial charge on any atom is -0.382 e. The molecule has 96 valence electrons. The number of aliphatic hydroxyl groups is 1. The summed E-state index contributed by atoms with van der Waals surface area (Å²) in [6, 6.07) is -0.969. The number of hydrogen-bond donors (Lipinski definition) is 2. The van der Waals surface area contributed by atoms with E-state index in [0.717, 1.165) is 0 Å². The molecule has 0 aliphatic heterocycles. The molecule has 0 aliphatic carbocycles. The molecule has 0 radical (unpaired) electrons. The molecule has 1 rings (SSSR count). The van der Waals surface area contributed by atoms with Gasteiger partial charge in [0.25, 0.3) is 0 Å². The molecule has 1 aromatic rings. The van der Waals surface area contributed by atoms with E-state index in [9.17, 15) is 14.7 Å². The normalized spacial score (nSPS) is 12.8. The van der Waals surface area contributed by atoms with Gasteiger partial charge in [-0.1, -0.05) is 0 Å². The van der Waals surface area contributed by atoms with Gasteiger partial charge in [0.15, 0.2) is 5.82 Å². The highest BCUT2D eigenvalue weighted by Crippen LogP contribution is 2.21. The van der Waals surface area contributed by atoms with Crippen molar-refractivity contribution in [2.75, 3.05) is 0 Å². The first-order valence-corrected chi connectivity index (χ1v) is 5.21. The number of hydrogen-bond acceptors (Lipinski definition) is 4. The first-order valence-electron chi connectivity index (χ1n) is 5.21. The van der Waals surface area contributed by atoms with Crippen LogP contribution in [0.15, 0.2) is 4.79 Å². The van der Waals surface area contributed by atoms with Gasteiger partial charge in [-0.2, -0.15) is 0 Å². The van der Waals surface area contributed by atoms with E-state index >= 15 is 0 Å². The SMILES string of the molecule is CC(C)(O)c1nn(C(N)=O)c(=O)n1C(C)(C)C. The van der Waals surface area contributed by atoms with Crippen LogP contribution in [0.1, 0.15) is 40.4 Å². The van der Waals surface area contributed by atoms with Crippen LogP contribution in [-0.2, 0) is 11.1 Å². The zero-order valence-electron chi connectivity index (χ0n) is 10.7. The highest BCUT2D eigenvalue weighted by atomic mass is 16.3. The van der Waals surface area contributed by atoms with Gasteiger partial charge in [-0.05, 0) is 34.6 Å². The van der Waals surface area contributed by atoms with E-state index in [1.807, 2.05) is 0 Å². The lowest BCUT2D eigenvalue weighted by Crippen LogP contribution is -2.40. The van der Waals surface area contributed by atoms with Crippen LogP contribution < -0.4 is 11.4 Å². The average Bonchev–Trinajstić information content (AvgIpc) is 2.40. The van der Waals surface area contributed by atoms with E-state index in [-0.39, 0.29) is 5.82 Å². The van der Waals surface area contributed by atoms with E-state index in [2.05, 4.69) is 5.10 Å². The molecule has 7 heteroatoms. The fourth-order valence-electron chi connectivity index (χ4n) is 1.51. The first-order chi connectivity index (χ1) is 7.46. The van der Waals surface area contributed by atoms with E-state index in [4.69, 9.17) is 5.73 Å². The van der Waals surface area contributed by atoms with Gasteiger partial charge in [0.1, 0.15) is 5.60 Å². The summed E-state index contributed by atoms with van der Waals surface area (Å²) in [4.78, 5) is 23.0. The quantitative estimate of drug-likeness (QED) is 0.720. The summed E-state index contributed by atoms with van der Waals surface area (Å²) in [5.74, 6) is 0.105. The van der Waals surface area contributed by atoms with Crippen molar-refractivity contribution in [2.45, 2.75) is 45.8 Å². The van der Waals surface area contributed by atoms with Crippen LogP contribution >= 0.6 is 0 Å². The second-order valence-corrected chi connectivity index (χ2v) is 5.42. The van der Waals surface area contributed by atoms with Crippen LogP contribution in [0.4, 0.5) is 4.79 Å². The maximum atomic E-state index is 12.0. The summed E-state index contributed by atoms with van der Waals surface area (Å²) < 4.78 is 1.82. The average molecular weight is 242 g/mol. The lowest BCUT2D eigenvalue weighted by molar-refractivity contribution is 0.0591. The zero-order valence-corrected chi connectivity index (χ0v) is 10.7. The molecule has 1 heterocycles. The maximum absolute atomic E-state index is 12.0. The van der Waals surface area contributed by atoms with Crippen LogP contribution in [-0.4, -0.2) is 25.5 Å². The van der Waals surface area contributed by atoms with Crippen molar-refractivity contribution in [1.29, 1.82) is 0 Å². The topological polar surface area (TPSA) is 103 Å². The highest BCUT2D eigenvalue weighted by Gasteiger charge is 2.32. The summed E-state index contributed by atoms with van der Waals surface area (Å²) >= 11 is 0. The lowest BCUT2D eigenvalue weighted by atomic mass is 10.0. The Morgan fingerprint density at radius 1 is 1.29 bits per heavy atom. The lowest BCUT2D eigenvalue weighted by Gasteiger charge is -2.25. The number of primary amides is 1. The molecule has 0 saturated carbocycles. The molecule has 3 N–H and O–H groups in total. The summed E-state index contributed by atoms with van der Waals surface area (Å²) in [6.07, 6.45) is 0. The van der Waals surface area contributed by atoms with Crippen LogP contribution in [0.3, 0.4) is 0 Å². The summed E-state index contributed by atoms with van der Waals surface area (Å²) in [5.41, 5.74) is 2.45. The molecule has 0 atom stereocenters. The van der Waals surface area contributed by atoms with Crippen molar-refractivity contribution in [3.05, 3.63) is 16.3 Å². The van der Waals surface area contributed by atoms with Crippen LogP contribution in [0.25, 0.3) is 0 Å². The molecular weight excluding hydrogens is 224 g/mol. The molecule has 0 spiro atoms. The number of nitrogens with two attached hydrogens (primary N) is 1. The Morgan fingerprint density at radius 3 is 2.00 bits per heavy atom. The molecule has 0 fully saturated rings. The van der Waals surface area contributed by atoms with Gasteiger partial charge in [0, 0.05) is 5.54 Å². The Bertz CT molecular complexity index is 499.